The van der Waals surface area contributed by atoms with Crippen molar-refractivity contribution in [2.45, 2.75) is 26.9 Å². The van der Waals surface area contributed by atoms with E-state index < -0.39 is 0 Å². The Bertz CT molecular complexity index is 936. The summed E-state index contributed by atoms with van der Waals surface area (Å²) in [7, 11) is 0. The van der Waals surface area contributed by atoms with E-state index in [2.05, 4.69) is 6.58 Å². The molecular weight excluding hydrogens is 328 g/mol. The molecule has 0 N–H and O–H groups in total. The minimum absolute atomic E-state index is 0.196. The van der Waals surface area contributed by atoms with Crippen LogP contribution < -0.4 is 4.74 Å². The molecule has 0 aliphatic rings. The normalized spacial score (nSPS) is 10.7. The molecule has 0 aliphatic heterocycles. The first-order chi connectivity index (χ1) is 12.6. The van der Waals surface area contributed by atoms with Crippen LogP contribution in [0.5, 0.6) is 5.75 Å². The second kappa shape index (κ2) is 7.91. The Hall–Kier alpha value is -3.01. The first kappa shape index (κ1) is 17.8. The SMILES string of the molecule is C=C(C)c1cc(COc2ccccc2CC(=O)OCC)cc2ccoc12. The maximum atomic E-state index is 11.8. The van der Waals surface area contributed by atoms with Gasteiger partial charge in [0.25, 0.3) is 0 Å². The molecule has 134 valence electrons. The maximum absolute atomic E-state index is 11.8. The van der Waals surface area contributed by atoms with Crippen LogP contribution in [-0.4, -0.2) is 12.6 Å². The number of allylic oxidation sites excluding steroid dienone is 1. The maximum Gasteiger partial charge on any atom is 0.310 e. The molecule has 0 fully saturated rings. The third-order valence-electron chi connectivity index (χ3n) is 4.08. The number of rotatable bonds is 7. The molecule has 26 heavy (non-hydrogen) atoms. The number of carbonyl (C=O) groups is 1. The number of benzene rings is 2. The zero-order chi connectivity index (χ0) is 18.5. The standard InChI is InChI=1S/C22H22O4/c1-4-24-21(23)13-17-7-5-6-8-20(17)26-14-16-11-18-9-10-25-22(18)19(12-16)15(2)3/h5-12H,2,4,13-14H2,1,3H3. The molecule has 0 saturated heterocycles. The van der Waals surface area contributed by atoms with Crippen molar-refractivity contribution >= 4 is 22.5 Å². The zero-order valence-electron chi connectivity index (χ0n) is 15.1. The van der Waals surface area contributed by atoms with Gasteiger partial charge < -0.3 is 13.9 Å². The van der Waals surface area contributed by atoms with E-state index in [-0.39, 0.29) is 12.4 Å². The summed E-state index contributed by atoms with van der Waals surface area (Å²) < 4.78 is 16.6. The van der Waals surface area contributed by atoms with Gasteiger partial charge in [-0.25, -0.2) is 0 Å². The number of esters is 1. The van der Waals surface area contributed by atoms with Gasteiger partial charge in [0.2, 0.25) is 0 Å². The van der Waals surface area contributed by atoms with Crippen LogP contribution in [-0.2, 0) is 22.6 Å². The Morgan fingerprint density at radius 2 is 2.00 bits per heavy atom. The zero-order valence-corrected chi connectivity index (χ0v) is 15.1. The molecule has 0 saturated carbocycles. The molecule has 3 rings (SSSR count). The van der Waals surface area contributed by atoms with Gasteiger partial charge in [0, 0.05) is 16.5 Å². The molecule has 0 atom stereocenters. The van der Waals surface area contributed by atoms with E-state index in [0.29, 0.717) is 19.0 Å². The lowest BCUT2D eigenvalue weighted by atomic mass is 10.0. The average molecular weight is 350 g/mol. The van der Waals surface area contributed by atoms with E-state index in [1.165, 1.54) is 0 Å². The highest BCUT2D eigenvalue weighted by atomic mass is 16.5. The average Bonchev–Trinajstić information content (AvgIpc) is 3.08. The smallest absolute Gasteiger partial charge is 0.310 e. The number of carbonyl (C=O) groups excluding carboxylic acids is 1. The van der Waals surface area contributed by atoms with Gasteiger partial charge >= 0.3 is 5.97 Å². The molecule has 0 amide bonds. The second-order valence-electron chi connectivity index (χ2n) is 6.14. The lowest BCUT2D eigenvalue weighted by Gasteiger charge is -2.12. The third kappa shape index (κ3) is 3.97. The number of para-hydroxylation sites is 1. The minimum Gasteiger partial charge on any atom is -0.489 e. The number of hydrogen-bond acceptors (Lipinski definition) is 4. The summed E-state index contributed by atoms with van der Waals surface area (Å²) in [4.78, 5) is 11.8. The fourth-order valence-electron chi connectivity index (χ4n) is 2.86. The second-order valence-corrected chi connectivity index (χ2v) is 6.14. The summed E-state index contributed by atoms with van der Waals surface area (Å²) in [5.41, 5.74) is 4.59. The van der Waals surface area contributed by atoms with Crippen LogP contribution in [0.1, 0.15) is 30.5 Å². The van der Waals surface area contributed by atoms with Gasteiger partial charge in [-0.3, -0.25) is 4.79 Å². The van der Waals surface area contributed by atoms with Crippen LogP contribution in [0.15, 0.2) is 59.7 Å². The van der Waals surface area contributed by atoms with Crippen molar-refractivity contribution in [2.24, 2.45) is 0 Å². The van der Waals surface area contributed by atoms with Gasteiger partial charge in [0.05, 0.1) is 19.3 Å². The van der Waals surface area contributed by atoms with Crippen molar-refractivity contribution in [3.63, 3.8) is 0 Å². The van der Waals surface area contributed by atoms with Gasteiger partial charge in [0.15, 0.2) is 0 Å². The minimum atomic E-state index is -0.257. The lowest BCUT2D eigenvalue weighted by Crippen LogP contribution is -2.09. The fraction of sp³-hybridized carbons (Fsp3) is 0.227. The third-order valence-corrected chi connectivity index (χ3v) is 4.08. The number of ether oxygens (including phenoxy) is 2. The highest BCUT2D eigenvalue weighted by Gasteiger charge is 2.11. The molecular formula is C22H22O4. The Morgan fingerprint density at radius 1 is 1.19 bits per heavy atom. The first-order valence-corrected chi connectivity index (χ1v) is 8.60. The molecule has 1 heterocycles. The number of furan rings is 1. The molecule has 0 radical (unpaired) electrons. The van der Waals surface area contributed by atoms with E-state index in [0.717, 1.165) is 33.2 Å². The molecule has 2 aromatic carbocycles. The van der Waals surface area contributed by atoms with Crippen LogP contribution in [0.25, 0.3) is 16.5 Å². The van der Waals surface area contributed by atoms with Crippen molar-refractivity contribution in [3.8, 4) is 5.75 Å². The highest BCUT2D eigenvalue weighted by molar-refractivity contribution is 5.89. The molecule has 4 nitrogen and oxygen atoms in total. The number of fused-ring (bicyclic) bond motifs is 1. The summed E-state index contributed by atoms with van der Waals surface area (Å²) in [6.07, 6.45) is 1.87. The molecule has 4 heteroatoms. The van der Waals surface area contributed by atoms with Crippen LogP contribution >= 0.6 is 0 Å². The predicted octanol–water partition coefficient (Wildman–Crippen LogP) is 5.15. The topological polar surface area (TPSA) is 48.7 Å². The largest absolute Gasteiger partial charge is 0.489 e. The summed E-state index contributed by atoms with van der Waals surface area (Å²) >= 11 is 0. The van der Waals surface area contributed by atoms with Gasteiger partial charge in [-0.2, -0.15) is 0 Å². The Kier molecular flexibility index (Phi) is 5.42. The van der Waals surface area contributed by atoms with Crippen LogP contribution in [0, 0.1) is 0 Å². The van der Waals surface area contributed by atoms with Crippen LogP contribution in [0.2, 0.25) is 0 Å². The Morgan fingerprint density at radius 3 is 2.77 bits per heavy atom. The molecule has 0 bridgehead atoms. The fourth-order valence-corrected chi connectivity index (χ4v) is 2.86. The van der Waals surface area contributed by atoms with Gasteiger partial charge in [0.1, 0.15) is 17.9 Å². The monoisotopic (exact) mass is 350 g/mol. The summed E-state index contributed by atoms with van der Waals surface area (Å²) in [5, 5.41) is 1.02. The molecule has 3 aromatic rings. The van der Waals surface area contributed by atoms with Crippen molar-refractivity contribution < 1.29 is 18.7 Å². The van der Waals surface area contributed by atoms with E-state index in [1.54, 1.807) is 13.2 Å². The van der Waals surface area contributed by atoms with Gasteiger partial charge in [-0.15, -0.1) is 0 Å². The van der Waals surface area contributed by atoms with Crippen molar-refractivity contribution in [2.75, 3.05) is 6.61 Å². The summed E-state index contributed by atoms with van der Waals surface area (Å²) in [6.45, 7) is 8.54. The Balaban J connectivity index is 1.80. The van der Waals surface area contributed by atoms with E-state index in [9.17, 15) is 4.79 Å². The molecule has 1 aromatic heterocycles. The predicted molar refractivity (Wildman–Crippen MR) is 102 cm³/mol. The van der Waals surface area contributed by atoms with Crippen molar-refractivity contribution in [3.05, 3.63) is 72.0 Å². The van der Waals surface area contributed by atoms with Crippen LogP contribution in [0.3, 0.4) is 0 Å². The van der Waals surface area contributed by atoms with Crippen LogP contribution in [0.4, 0.5) is 0 Å². The van der Waals surface area contributed by atoms with Gasteiger partial charge in [-0.1, -0.05) is 24.8 Å². The van der Waals surface area contributed by atoms with E-state index >= 15 is 0 Å². The van der Waals surface area contributed by atoms with Crippen molar-refractivity contribution in [1.82, 2.24) is 0 Å². The van der Waals surface area contributed by atoms with E-state index in [1.807, 2.05) is 49.4 Å². The molecule has 0 aliphatic carbocycles. The van der Waals surface area contributed by atoms with Crippen molar-refractivity contribution in [1.29, 1.82) is 0 Å². The lowest BCUT2D eigenvalue weighted by molar-refractivity contribution is -0.142. The Labute approximate surface area is 153 Å². The summed E-state index contributed by atoms with van der Waals surface area (Å²) in [6, 6.07) is 13.5. The summed E-state index contributed by atoms with van der Waals surface area (Å²) in [5.74, 6) is 0.428. The first-order valence-electron chi connectivity index (χ1n) is 8.60. The van der Waals surface area contributed by atoms with E-state index in [4.69, 9.17) is 13.9 Å². The number of hydrogen-bond donors (Lipinski definition) is 0. The highest BCUT2D eigenvalue weighted by Crippen LogP contribution is 2.28. The molecule has 0 unspecified atom stereocenters. The quantitative estimate of drug-likeness (QED) is 0.553. The molecule has 0 spiro atoms. The van der Waals surface area contributed by atoms with Gasteiger partial charge in [-0.05, 0) is 49.2 Å².